The van der Waals surface area contributed by atoms with Crippen LogP contribution in [0.2, 0.25) is 0 Å². The Hall–Kier alpha value is -3.09. The van der Waals surface area contributed by atoms with Crippen LogP contribution < -0.4 is 20.1 Å². The van der Waals surface area contributed by atoms with Gasteiger partial charge in [0.05, 0.1) is 19.9 Å². The average Bonchev–Trinajstić information content (AvgIpc) is 2.60. The van der Waals surface area contributed by atoms with E-state index in [-0.39, 0.29) is 12.3 Å². The third-order valence-corrected chi connectivity index (χ3v) is 3.21. The van der Waals surface area contributed by atoms with Crippen LogP contribution in [0.4, 0.5) is 5.69 Å². The molecule has 1 aromatic heterocycles. The zero-order valence-electron chi connectivity index (χ0n) is 13.5. The van der Waals surface area contributed by atoms with E-state index < -0.39 is 5.91 Å². The fourth-order valence-corrected chi connectivity index (χ4v) is 2.02. The van der Waals surface area contributed by atoms with Gasteiger partial charge in [-0.15, -0.1) is 0 Å². The molecule has 0 fully saturated rings. The van der Waals surface area contributed by atoms with Crippen molar-refractivity contribution in [1.29, 1.82) is 0 Å². The van der Waals surface area contributed by atoms with Crippen LogP contribution >= 0.6 is 0 Å². The number of anilines is 1. The molecule has 0 aliphatic rings. The topological polar surface area (TPSA) is 89.5 Å². The van der Waals surface area contributed by atoms with Crippen LogP contribution in [0, 0.1) is 0 Å². The summed E-state index contributed by atoms with van der Waals surface area (Å²) in [5.41, 5.74) is 1.31. The standard InChI is InChI=1S/C17H19N3O4/c1-23-13-5-6-15(24-2)14(8-13)20-17(22)9-16(21)19-11-12-4-3-7-18-10-12/h3-8,10H,9,11H2,1-2H3,(H,19,21)(H,20,22). The van der Waals surface area contributed by atoms with Gasteiger partial charge in [0.2, 0.25) is 11.8 Å². The summed E-state index contributed by atoms with van der Waals surface area (Å²) in [4.78, 5) is 27.8. The first kappa shape index (κ1) is 17.3. The summed E-state index contributed by atoms with van der Waals surface area (Å²) in [6.45, 7) is 0.322. The highest BCUT2D eigenvalue weighted by molar-refractivity contribution is 6.04. The maximum atomic E-state index is 12.0. The summed E-state index contributed by atoms with van der Waals surface area (Å²) in [6, 6.07) is 8.65. The third kappa shape index (κ3) is 4.98. The second-order valence-corrected chi connectivity index (χ2v) is 4.93. The normalized spacial score (nSPS) is 9.92. The second-order valence-electron chi connectivity index (χ2n) is 4.93. The lowest BCUT2D eigenvalue weighted by Gasteiger charge is -2.11. The number of rotatable bonds is 7. The summed E-state index contributed by atoms with van der Waals surface area (Å²) >= 11 is 0. The van der Waals surface area contributed by atoms with Crippen LogP contribution in [0.1, 0.15) is 12.0 Å². The summed E-state index contributed by atoms with van der Waals surface area (Å²) in [5, 5.41) is 5.32. The molecule has 1 heterocycles. The molecule has 126 valence electrons. The van der Waals surface area contributed by atoms with Gasteiger partial charge in [0.25, 0.3) is 0 Å². The van der Waals surface area contributed by atoms with Crippen molar-refractivity contribution < 1.29 is 19.1 Å². The number of nitrogens with zero attached hydrogens (tertiary/aromatic N) is 1. The first-order valence-corrected chi connectivity index (χ1v) is 7.30. The first-order chi connectivity index (χ1) is 11.6. The van der Waals surface area contributed by atoms with E-state index >= 15 is 0 Å². The lowest BCUT2D eigenvalue weighted by atomic mass is 10.2. The van der Waals surface area contributed by atoms with Crippen molar-refractivity contribution >= 4 is 17.5 Å². The van der Waals surface area contributed by atoms with Crippen molar-refractivity contribution in [3.63, 3.8) is 0 Å². The van der Waals surface area contributed by atoms with Gasteiger partial charge in [0.1, 0.15) is 17.9 Å². The van der Waals surface area contributed by atoms with Gasteiger partial charge >= 0.3 is 0 Å². The number of amides is 2. The monoisotopic (exact) mass is 329 g/mol. The molecule has 2 aromatic rings. The SMILES string of the molecule is COc1ccc(OC)c(NC(=O)CC(=O)NCc2cccnc2)c1. The molecule has 0 spiro atoms. The molecule has 7 heteroatoms. The van der Waals surface area contributed by atoms with Gasteiger partial charge in [-0.3, -0.25) is 14.6 Å². The Bertz CT molecular complexity index is 704. The lowest BCUT2D eigenvalue weighted by Crippen LogP contribution is -2.27. The van der Waals surface area contributed by atoms with Gasteiger partial charge in [-0.25, -0.2) is 0 Å². The minimum absolute atomic E-state index is 0.291. The number of ether oxygens (including phenoxy) is 2. The van der Waals surface area contributed by atoms with Crippen LogP contribution in [0.25, 0.3) is 0 Å². The fraction of sp³-hybridized carbons (Fsp3) is 0.235. The Balaban J connectivity index is 1.89. The predicted molar refractivity (Wildman–Crippen MR) is 88.9 cm³/mol. The molecule has 2 rings (SSSR count). The number of pyridine rings is 1. The quantitative estimate of drug-likeness (QED) is 0.755. The molecule has 7 nitrogen and oxygen atoms in total. The van der Waals surface area contributed by atoms with Crippen molar-refractivity contribution in [2.75, 3.05) is 19.5 Å². The molecule has 0 atom stereocenters. The van der Waals surface area contributed by atoms with E-state index in [0.717, 1.165) is 5.56 Å². The minimum Gasteiger partial charge on any atom is -0.497 e. The highest BCUT2D eigenvalue weighted by Gasteiger charge is 2.13. The molecule has 0 unspecified atom stereocenters. The van der Waals surface area contributed by atoms with E-state index in [1.54, 1.807) is 36.7 Å². The predicted octanol–water partition coefficient (Wildman–Crippen LogP) is 1.74. The number of carbonyl (C=O) groups is 2. The largest absolute Gasteiger partial charge is 0.497 e. The number of carbonyl (C=O) groups excluding carboxylic acids is 2. The van der Waals surface area contributed by atoms with Gasteiger partial charge in [0, 0.05) is 25.0 Å². The number of aromatic nitrogens is 1. The van der Waals surface area contributed by atoms with Gasteiger partial charge in [-0.05, 0) is 23.8 Å². The van der Waals surface area contributed by atoms with Crippen molar-refractivity contribution in [1.82, 2.24) is 10.3 Å². The average molecular weight is 329 g/mol. The van der Waals surface area contributed by atoms with E-state index in [1.165, 1.54) is 14.2 Å². The van der Waals surface area contributed by atoms with Crippen LogP contribution in [-0.2, 0) is 16.1 Å². The minimum atomic E-state index is -0.440. The Labute approximate surface area is 140 Å². The fourth-order valence-electron chi connectivity index (χ4n) is 2.02. The molecular formula is C17H19N3O4. The lowest BCUT2D eigenvalue weighted by molar-refractivity contribution is -0.126. The number of nitrogens with one attached hydrogen (secondary N) is 2. The van der Waals surface area contributed by atoms with Crippen LogP contribution in [0.5, 0.6) is 11.5 Å². The van der Waals surface area contributed by atoms with Crippen molar-refractivity contribution in [2.24, 2.45) is 0 Å². The highest BCUT2D eigenvalue weighted by atomic mass is 16.5. The van der Waals surface area contributed by atoms with Crippen LogP contribution in [-0.4, -0.2) is 31.0 Å². The Morgan fingerprint density at radius 1 is 1.12 bits per heavy atom. The summed E-state index contributed by atoms with van der Waals surface area (Å²) in [6.07, 6.45) is 3.02. The van der Waals surface area contributed by atoms with Gasteiger partial charge in [-0.1, -0.05) is 6.07 Å². The van der Waals surface area contributed by atoms with E-state index in [2.05, 4.69) is 15.6 Å². The molecule has 2 amide bonds. The number of hydrogen-bond donors (Lipinski definition) is 2. The summed E-state index contributed by atoms with van der Waals surface area (Å²) < 4.78 is 10.3. The molecule has 0 saturated heterocycles. The molecule has 24 heavy (non-hydrogen) atoms. The summed E-state index contributed by atoms with van der Waals surface area (Å²) in [5.74, 6) is 0.246. The smallest absolute Gasteiger partial charge is 0.233 e. The highest BCUT2D eigenvalue weighted by Crippen LogP contribution is 2.28. The summed E-state index contributed by atoms with van der Waals surface area (Å²) in [7, 11) is 3.03. The van der Waals surface area contributed by atoms with E-state index in [4.69, 9.17) is 9.47 Å². The molecule has 0 radical (unpaired) electrons. The zero-order chi connectivity index (χ0) is 17.4. The Morgan fingerprint density at radius 2 is 1.96 bits per heavy atom. The maximum absolute atomic E-state index is 12.0. The first-order valence-electron chi connectivity index (χ1n) is 7.30. The van der Waals surface area contributed by atoms with Crippen LogP contribution in [0.3, 0.4) is 0 Å². The number of methoxy groups -OCH3 is 2. The number of benzene rings is 1. The van der Waals surface area contributed by atoms with Gasteiger partial charge < -0.3 is 20.1 Å². The second kappa shape index (κ2) is 8.52. The molecule has 2 N–H and O–H groups in total. The van der Waals surface area contributed by atoms with Gasteiger partial charge in [-0.2, -0.15) is 0 Å². The number of hydrogen-bond acceptors (Lipinski definition) is 5. The van der Waals surface area contributed by atoms with Crippen molar-refractivity contribution in [3.05, 3.63) is 48.3 Å². The molecular weight excluding hydrogens is 310 g/mol. The van der Waals surface area contributed by atoms with E-state index in [1.807, 2.05) is 6.07 Å². The van der Waals surface area contributed by atoms with Crippen molar-refractivity contribution in [2.45, 2.75) is 13.0 Å². The molecule has 0 aliphatic heterocycles. The molecule has 0 bridgehead atoms. The molecule has 0 saturated carbocycles. The maximum Gasteiger partial charge on any atom is 0.233 e. The zero-order valence-corrected chi connectivity index (χ0v) is 13.5. The molecule has 0 aliphatic carbocycles. The Morgan fingerprint density at radius 3 is 2.62 bits per heavy atom. The van der Waals surface area contributed by atoms with E-state index in [9.17, 15) is 9.59 Å². The van der Waals surface area contributed by atoms with Gasteiger partial charge in [0.15, 0.2) is 0 Å². The van der Waals surface area contributed by atoms with E-state index in [0.29, 0.717) is 23.7 Å². The Kier molecular flexibility index (Phi) is 6.13. The molecule has 1 aromatic carbocycles. The van der Waals surface area contributed by atoms with Crippen molar-refractivity contribution in [3.8, 4) is 11.5 Å². The van der Waals surface area contributed by atoms with Crippen LogP contribution in [0.15, 0.2) is 42.7 Å². The third-order valence-electron chi connectivity index (χ3n) is 3.21.